The Morgan fingerprint density at radius 1 is 1.32 bits per heavy atom. The molecule has 126 valence electrons. The first-order chi connectivity index (χ1) is 11.9. The summed E-state index contributed by atoms with van der Waals surface area (Å²) in [5.41, 5.74) is 2.53. The van der Waals surface area contributed by atoms with Crippen molar-refractivity contribution in [1.29, 1.82) is 5.26 Å². The number of pyridine rings is 1. The summed E-state index contributed by atoms with van der Waals surface area (Å²) < 4.78 is 23.0. The number of hydrogen-bond donors (Lipinski definition) is 0. The molecule has 0 aliphatic rings. The van der Waals surface area contributed by atoms with Crippen molar-refractivity contribution in [2.45, 2.75) is 12.7 Å². The van der Waals surface area contributed by atoms with E-state index >= 15 is 0 Å². The zero-order valence-corrected chi connectivity index (χ0v) is 14.3. The Morgan fingerprint density at radius 3 is 2.76 bits per heavy atom. The van der Waals surface area contributed by atoms with Gasteiger partial charge in [-0.25, -0.2) is 9.97 Å². The van der Waals surface area contributed by atoms with Crippen molar-refractivity contribution >= 4 is 22.1 Å². The van der Waals surface area contributed by atoms with Crippen LogP contribution in [0.2, 0.25) is 0 Å². The standard InChI is InChI=1S/C17H14N4O3S/c1-10-3-4-11(7-18)5-13(10)14-6-12-8-19-15(9-25(23)24)20-16(12)21(2)17(14)22/h3-6,8H,9H2,1-2H3,(H,23,24)/p-1. The molecule has 0 aliphatic heterocycles. The lowest BCUT2D eigenvalue weighted by Crippen LogP contribution is -2.20. The molecule has 1 atom stereocenters. The van der Waals surface area contributed by atoms with Crippen molar-refractivity contribution in [2.75, 3.05) is 0 Å². The summed E-state index contributed by atoms with van der Waals surface area (Å²) in [5.74, 6) is -0.180. The first kappa shape index (κ1) is 17.0. The third-order valence-corrected chi connectivity index (χ3v) is 4.40. The molecule has 0 amide bonds. The van der Waals surface area contributed by atoms with Crippen LogP contribution in [0.3, 0.4) is 0 Å². The first-order valence-corrected chi connectivity index (χ1v) is 8.57. The summed E-state index contributed by atoms with van der Waals surface area (Å²) in [6.45, 7) is 1.86. The van der Waals surface area contributed by atoms with Crippen LogP contribution < -0.4 is 5.56 Å². The highest BCUT2D eigenvalue weighted by Gasteiger charge is 2.13. The lowest BCUT2D eigenvalue weighted by Gasteiger charge is -2.11. The van der Waals surface area contributed by atoms with E-state index in [0.29, 0.717) is 27.7 Å². The number of rotatable bonds is 3. The number of hydrogen-bond acceptors (Lipinski definition) is 6. The van der Waals surface area contributed by atoms with Crippen LogP contribution >= 0.6 is 0 Å². The normalized spacial score (nSPS) is 12.1. The molecule has 8 heteroatoms. The zero-order valence-electron chi connectivity index (χ0n) is 13.5. The minimum Gasteiger partial charge on any atom is -0.772 e. The van der Waals surface area contributed by atoms with Gasteiger partial charge in [-0.1, -0.05) is 6.07 Å². The monoisotopic (exact) mass is 353 g/mol. The number of fused-ring (bicyclic) bond motifs is 1. The number of nitrogens with zero attached hydrogens (tertiary/aromatic N) is 4. The van der Waals surface area contributed by atoms with E-state index < -0.39 is 11.1 Å². The molecular weight excluding hydrogens is 340 g/mol. The quantitative estimate of drug-likeness (QED) is 0.661. The molecule has 2 aromatic heterocycles. The minimum atomic E-state index is -2.31. The van der Waals surface area contributed by atoms with Crippen molar-refractivity contribution in [1.82, 2.24) is 14.5 Å². The van der Waals surface area contributed by atoms with E-state index in [4.69, 9.17) is 5.26 Å². The molecule has 1 aromatic carbocycles. The Hall–Kier alpha value is -2.89. The van der Waals surface area contributed by atoms with Crippen LogP contribution in [0, 0.1) is 18.3 Å². The van der Waals surface area contributed by atoms with E-state index in [9.17, 15) is 13.6 Å². The van der Waals surface area contributed by atoms with Crippen LogP contribution in [0.15, 0.2) is 35.3 Å². The molecule has 0 spiro atoms. The highest BCUT2D eigenvalue weighted by atomic mass is 32.2. The van der Waals surface area contributed by atoms with Crippen LogP contribution in [-0.4, -0.2) is 23.3 Å². The second-order valence-electron chi connectivity index (χ2n) is 5.58. The minimum absolute atomic E-state index is 0.131. The van der Waals surface area contributed by atoms with E-state index in [1.165, 1.54) is 10.8 Å². The first-order valence-electron chi connectivity index (χ1n) is 7.33. The van der Waals surface area contributed by atoms with Gasteiger partial charge in [-0.2, -0.15) is 5.26 Å². The summed E-state index contributed by atoms with van der Waals surface area (Å²) in [6, 6.07) is 8.90. The molecule has 1 unspecified atom stereocenters. The van der Waals surface area contributed by atoms with E-state index in [-0.39, 0.29) is 17.1 Å². The molecule has 2 heterocycles. The maximum Gasteiger partial charge on any atom is 0.259 e. The van der Waals surface area contributed by atoms with Crippen LogP contribution in [0.1, 0.15) is 17.0 Å². The number of nitriles is 1. The van der Waals surface area contributed by atoms with Gasteiger partial charge in [-0.05, 0) is 47.3 Å². The molecule has 7 nitrogen and oxygen atoms in total. The van der Waals surface area contributed by atoms with Crippen LogP contribution in [0.4, 0.5) is 0 Å². The predicted molar refractivity (Wildman–Crippen MR) is 92.3 cm³/mol. The molecule has 0 N–H and O–H groups in total. The summed E-state index contributed by atoms with van der Waals surface area (Å²) in [6.07, 6.45) is 1.50. The molecule has 0 saturated heterocycles. The molecule has 3 aromatic rings. The third kappa shape index (κ3) is 3.20. The Morgan fingerprint density at radius 2 is 2.08 bits per heavy atom. The van der Waals surface area contributed by atoms with Gasteiger partial charge in [0.2, 0.25) is 0 Å². The number of aryl methyl sites for hydroxylation is 2. The maximum atomic E-state index is 12.8. The second-order valence-corrected chi connectivity index (χ2v) is 6.47. The van der Waals surface area contributed by atoms with Gasteiger partial charge in [0.15, 0.2) is 0 Å². The van der Waals surface area contributed by atoms with Gasteiger partial charge in [-0.3, -0.25) is 13.6 Å². The van der Waals surface area contributed by atoms with E-state index in [0.717, 1.165) is 5.56 Å². The highest BCUT2D eigenvalue weighted by molar-refractivity contribution is 7.78. The van der Waals surface area contributed by atoms with Crippen molar-refractivity contribution < 1.29 is 8.76 Å². The molecule has 0 radical (unpaired) electrons. The Kier molecular flexibility index (Phi) is 4.44. The summed E-state index contributed by atoms with van der Waals surface area (Å²) in [4.78, 5) is 21.0. The topological polar surface area (TPSA) is 112 Å². The van der Waals surface area contributed by atoms with Gasteiger partial charge in [-0.15, -0.1) is 0 Å². The summed E-state index contributed by atoms with van der Waals surface area (Å²) in [5, 5.41) is 9.70. The van der Waals surface area contributed by atoms with Gasteiger partial charge in [0.1, 0.15) is 11.5 Å². The van der Waals surface area contributed by atoms with E-state index in [1.54, 1.807) is 31.3 Å². The molecule has 0 bridgehead atoms. The fourth-order valence-corrected chi connectivity index (χ4v) is 2.98. The third-order valence-electron chi connectivity index (χ3n) is 3.90. The SMILES string of the molecule is Cc1ccc(C#N)cc1-c1cc2cnc(CS(=O)[O-])nc2n(C)c1=O. The van der Waals surface area contributed by atoms with E-state index in [1.807, 2.05) is 6.92 Å². The predicted octanol–water partition coefficient (Wildman–Crippen LogP) is 1.55. The van der Waals surface area contributed by atoms with Crippen molar-refractivity contribution in [2.24, 2.45) is 7.05 Å². The van der Waals surface area contributed by atoms with Crippen LogP contribution in [-0.2, 0) is 23.9 Å². The van der Waals surface area contributed by atoms with Crippen molar-refractivity contribution in [3.63, 3.8) is 0 Å². The molecule has 0 saturated carbocycles. The fourth-order valence-electron chi connectivity index (χ4n) is 2.63. The molecule has 3 rings (SSSR count). The maximum absolute atomic E-state index is 12.8. The zero-order chi connectivity index (χ0) is 18.1. The second kappa shape index (κ2) is 6.55. The van der Waals surface area contributed by atoms with Gasteiger partial charge in [0.25, 0.3) is 5.56 Å². The highest BCUT2D eigenvalue weighted by Crippen LogP contribution is 2.24. The molecular formula is C17H13N4O3S-. The lowest BCUT2D eigenvalue weighted by atomic mass is 9.99. The van der Waals surface area contributed by atoms with Gasteiger partial charge in [0, 0.05) is 24.2 Å². The molecule has 25 heavy (non-hydrogen) atoms. The van der Waals surface area contributed by atoms with Crippen LogP contribution in [0.25, 0.3) is 22.2 Å². The Labute approximate surface area is 145 Å². The Balaban J connectivity index is 2.26. The van der Waals surface area contributed by atoms with Crippen LogP contribution in [0.5, 0.6) is 0 Å². The average Bonchev–Trinajstić information content (AvgIpc) is 2.58. The van der Waals surface area contributed by atoms with Crippen molar-refractivity contribution in [3.8, 4) is 17.2 Å². The smallest absolute Gasteiger partial charge is 0.259 e. The Bertz CT molecular complexity index is 1120. The lowest BCUT2D eigenvalue weighted by molar-refractivity contribution is 0.535. The number of aromatic nitrogens is 3. The van der Waals surface area contributed by atoms with Gasteiger partial charge < -0.3 is 4.55 Å². The summed E-state index contributed by atoms with van der Waals surface area (Å²) >= 11 is -2.31. The van der Waals surface area contributed by atoms with Crippen molar-refractivity contribution in [3.05, 3.63) is 57.8 Å². The van der Waals surface area contributed by atoms with Gasteiger partial charge in [0.05, 0.1) is 17.4 Å². The largest absolute Gasteiger partial charge is 0.772 e. The fraction of sp³-hybridized carbons (Fsp3) is 0.176. The molecule has 0 fully saturated rings. The van der Waals surface area contributed by atoms with E-state index in [2.05, 4.69) is 16.0 Å². The average molecular weight is 353 g/mol. The van der Waals surface area contributed by atoms with Gasteiger partial charge >= 0.3 is 0 Å². The number of benzene rings is 1. The molecule has 0 aliphatic carbocycles. The summed E-state index contributed by atoms with van der Waals surface area (Å²) in [7, 11) is 1.57.